The predicted molar refractivity (Wildman–Crippen MR) is 61.5 cm³/mol. The number of nitrogens with one attached hydrogen (secondary N) is 2. The molecule has 0 aliphatic rings. The molecular weight excluding hydrogens is 220 g/mol. The van der Waals surface area contributed by atoms with Gasteiger partial charge >= 0.3 is 0 Å². The van der Waals surface area contributed by atoms with Crippen LogP contribution in [0.4, 0.5) is 5.69 Å². The number of benzene rings is 1. The summed E-state index contributed by atoms with van der Waals surface area (Å²) in [7, 11) is 1.62. The summed E-state index contributed by atoms with van der Waals surface area (Å²) in [6, 6.07) is 7.42. The predicted octanol–water partition coefficient (Wildman–Crippen LogP) is 1.20. The zero-order chi connectivity index (χ0) is 12.1. The first-order valence-electron chi connectivity index (χ1n) is 5.04. The molecule has 0 spiro atoms. The van der Waals surface area contributed by atoms with E-state index >= 15 is 0 Å². The van der Waals surface area contributed by atoms with Crippen LogP contribution in [0.5, 0.6) is 0 Å². The van der Waals surface area contributed by atoms with Gasteiger partial charge in [-0.2, -0.15) is 5.10 Å². The molecule has 0 saturated heterocycles. The van der Waals surface area contributed by atoms with Crippen molar-refractivity contribution in [3.8, 4) is 0 Å². The molecule has 0 bridgehead atoms. The highest BCUT2D eigenvalue weighted by Gasteiger charge is 2.08. The second-order valence-corrected chi connectivity index (χ2v) is 3.42. The summed E-state index contributed by atoms with van der Waals surface area (Å²) >= 11 is 0. The monoisotopic (exact) mass is 232 g/mol. The van der Waals surface area contributed by atoms with Gasteiger partial charge in [0, 0.05) is 12.8 Å². The molecule has 1 amide bonds. The van der Waals surface area contributed by atoms with Crippen molar-refractivity contribution in [1.82, 2.24) is 15.2 Å². The number of carbonyl (C=O) groups excluding carboxylic acids is 1. The lowest BCUT2D eigenvalue weighted by atomic mass is 10.2. The normalized spacial score (nSPS) is 10.2. The molecule has 0 radical (unpaired) electrons. The van der Waals surface area contributed by atoms with E-state index in [0.29, 0.717) is 12.3 Å². The van der Waals surface area contributed by atoms with Crippen LogP contribution in [0.15, 0.2) is 30.6 Å². The SMILES string of the molecule is COCc1cccc(NC(=O)c2ncn[nH]2)c1. The Bertz CT molecular complexity index is 496. The van der Waals surface area contributed by atoms with Gasteiger partial charge in [-0.15, -0.1) is 0 Å². The average molecular weight is 232 g/mol. The van der Waals surface area contributed by atoms with Crippen LogP contribution in [0.2, 0.25) is 0 Å². The Hall–Kier alpha value is -2.21. The number of ether oxygens (including phenoxy) is 1. The van der Waals surface area contributed by atoms with Crippen molar-refractivity contribution in [1.29, 1.82) is 0 Å². The summed E-state index contributed by atoms with van der Waals surface area (Å²) in [5, 5.41) is 8.83. The van der Waals surface area contributed by atoms with Gasteiger partial charge in [-0.25, -0.2) is 4.98 Å². The summed E-state index contributed by atoms with van der Waals surface area (Å²) < 4.78 is 5.02. The van der Waals surface area contributed by atoms with Crippen molar-refractivity contribution in [2.75, 3.05) is 12.4 Å². The Kier molecular flexibility index (Phi) is 3.46. The van der Waals surface area contributed by atoms with Crippen LogP contribution >= 0.6 is 0 Å². The van der Waals surface area contributed by atoms with E-state index in [0.717, 1.165) is 5.56 Å². The van der Waals surface area contributed by atoms with Gasteiger partial charge in [0.15, 0.2) is 0 Å². The number of hydrogen-bond acceptors (Lipinski definition) is 4. The van der Waals surface area contributed by atoms with E-state index in [9.17, 15) is 4.79 Å². The molecule has 6 heteroatoms. The van der Waals surface area contributed by atoms with Crippen LogP contribution in [0.25, 0.3) is 0 Å². The summed E-state index contributed by atoms with van der Waals surface area (Å²) in [4.78, 5) is 15.4. The molecule has 2 rings (SSSR count). The third kappa shape index (κ3) is 2.88. The van der Waals surface area contributed by atoms with Crippen molar-refractivity contribution in [3.63, 3.8) is 0 Å². The number of carbonyl (C=O) groups is 1. The lowest BCUT2D eigenvalue weighted by molar-refractivity contribution is 0.101. The number of hydrogen-bond donors (Lipinski definition) is 2. The number of nitrogens with zero attached hydrogens (tertiary/aromatic N) is 2. The number of rotatable bonds is 4. The lowest BCUT2D eigenvalue weighted by Crippen LogP contribution is -2.13. The zero-order valence-corrected chi connectivity index (χ0v) is 9.30. The fraction of sp³-hybridized carbons (Fsp3) is 0.182. The fourth-order valence-electron chi connectivity index (χ4n) is 1.41. The molecule has 1 heterocycles. The first-order valence-corrected chi connectivity index (χ1v) is 5.04. The van der Waals surface area contributed by atoms with Gasteiger partial charge in [-0.1, -0.05) is 12.1 Å². The maximum atomic E-state index is 11.7. The third-order valence-electron chi connectivity index (χ3n) is 2.13. The molecule has 1 aromatic carbocycles. The van der Waals surface area contributed by atoms with E-state index in [1.165, 1.54) is 6.33 Å². The van der Waals surface area contributed by atoms with Crippen molar-refractivity contribution in [2.24, 2.45) is 0 Å². The Morgan fingerprint density at radius 3 is 3.12 bits per heavy atom. The van der Waals surface area contributed by atoms with Gasteiger partial charge in [0.1, 0.15) is 6.33 Å². The minimum Gasteiger partial charge on any atom is -0.380 e. The van der Waals surface area contributed by atoms with Crippen LogP contribution in [-0.2, 0) is 11.3 Å². The topological polar surface area (TPSA) is 79.9 Å². The molecule has 0 aliphatic carbocycles. The van der Waals surface area contributed by atoms with E-state index in [4.69, 9.17) is 4.74 Å². The van der Waals surface area contributed by atoms with E-state index in [1.807, 2.05) is 18.2 Å². The maximum Gasteiger partial charge on any atom is 0.292 e. The van der Waals surface area contributed by atoms with E-state index in [2.05, 4.69) is 20.5 Å². The summed E-state index contributed by atoms with van der Waals surface area (Å²) in [6.45, 7) is 0.506. The summed E-state index contributed by atoms with van der Waals surface area (Å²) in [5.41, 5.74) is 1.68. The highest BCUT2D eigenvalue weighted by atomic mass is 16.5. The molecular formula is C11H12N4O2. The van der Waals surface area contributed by atoms with Gasteiger partial charge < -0.3 is 10.1 Å². The molecule has 0 fully saturated rings. The molecule has 0 atom stereocenters. The van der Waals surface area contributed by atoms with Gasteiger partial charge in [0.25, 0.3) is 5.91 Å². The quantitative estimate of drug-likeness (QED) is 0.830. The molecule has 17 heavy (non-hydrogen) atoms. The summed E-state index contributed by atoms with van der Waals surface area (Å²) in [6.07, 6.45) is 1.29. The Balaban J connectivity index is 2.08. The second-order valence-electron chi connectivity index (χ2n) is 3.42. The Morgan fingerprint density at radius 2 is 2.41 bits per heavy atom. The molecule has 0 aliphatic heterocycles. The number of methoxy groups -OCH3 is 1. The largest absolute Gasteiger partial charge is 0.380 e. The number of aromatic amines is 1. The molecule has 0 unspecified atom stereocenters. The van der Waals surface area contributed by atoms with Crippen LogP contribution < -0.4 is 5.32 Å². The highest BCUT2D eigenvalue weighted by Crippen LogP contribution is 2.11. The van der Waals surface area contributed by atoms with Gasteiger partial charge in [0.2, 0.25) is 5.82 Å². The van der Waals surface area contributed by atoms with Crippen molar-refractivity contribution >= 4 is 11.6 Å². The van der Waals surface area contributed by atoms with E-state index in [-0.39, 0.29) is 11.7 Å². The molecule has 2 aromatic rings. The third-order valence-corrected chi connectivity index (χ3v) is 2.13. The molecule has 6 nitrogen and oxygen atoms in total. The van der Waals surface area contributed by atoms with Crippen molar-refractivity contribution in [3.05, 3.63) is 42.0 Å². The first kappa shape index (κ1) is 11.3. The second kappa shape index (κ2) is 5.22. The Morgan fingerprint density at radius 1 is 1.53 bits per heavy atom. The molecule has 88 valence electrons. The standard InChI is InChI=1S/C11H12N4O2/c1-17-6-8-3-2-4-9(5-8)14-11(16)10-12-7-13-15-10/h2-5,7H,6H2,1H3,(H,14,16)(H,12,13,15). The van der Waals surface area contributed by atoms with Crippen LogP contribution in [0.3, 0.4) is 0 Å². The lowest BCUT2D eigenvalue weighted by Gasteiger charge is -2.05. The fourth-order valence-corrected chi connectivity index (χ4v) is 1.41. The summed E-state index contributed by atoms with van der Waals surface area (Å²) in [5.74, 6) is -0.140. The van der Waals surface area contributed by atoms with Crippen molar-refractivity contribution < 1.29 is 9.53 Å². The number of H-pyrrole nitrogens is 1. The van der Waals surface area contributed by atoms with Crippen LogP contribution in [0, 0.1) is 0 Å². The van der Waals surface area contributed by atoms with Gasteiger partial charge in [0.05, 0.1) is 6.61 Å². The minimum absolute atomic E-state index is 0.183. The van der Waals surface area contributed by atoms with E-state index < -0.39 is 0 Å². The van der Waals surface area contributed by atoms with Crippen LogP contribution in [-0.4, -0.2) is 28.2 Å². The average Bonchev–Trinajstić information content (AvgIpc) is 2.83. The van der Waals surface area contributed by atoms with Crippen molar-refractivity contribution in [2.45, 2.75) is 6.61 Å². The maximum absolute atomic E-state index is 11.7. The van der Waals surface area contributed by atoms with Crippen LogP contribution in [0.1, 0.15) is 16.2 Å². The van der Waals surface area contributed by atoms with Gasteiger partial charge in [-0.05, 0) is 17.7 Å². The zero-order valence-electron chi connectivity index (χ0n) is 9.30. The van der Waals surface area contributed by atoms with Gasteiger partial charge in [-0.3, -0.25) is 9.89 Å². The number of anilines is 1. The number of amides is 1. The molecule has 2 N–H and O–H groups in total. The molecule has 1 aromatic heterocycles. The Labute approximate surface area is 98.0 Å². The smallest absolute Gasteiger partial charge is 0.292 e. The highest BCUT2D eigenvalue weighted by molar-refractivity contribution is 6.01. The van der Waals surface area contributed by atoms with E-state index in [1.54, 1.807) is 13.2 Å². The first-order chi connectivity index (χ1) is 8.29. The molecule has 0 saturated carbocycles. The minimum atomic E-state index is -0.322. The number of aromatic nitrogens is 3.